The van der Waals surface area contributed by atoms with Crippen molar-refractivity contribution >= 4 is 16.9 Å². The quantitative estimate of drug-likeness (QED) is 0.538. The van der Waals surface area contributed by atoms with E-state index in [9.17, 15) is 4.79 Å². The zero-order valence-electron chi connectivity index (χ0n) is 10.4. The van der Waals surface area contributed by atoms with Crippen LogP contribution in [0.15, 0.2) is 59.8 Å². The standard InChI is InChI=1S/C15H9N3OS/c19-15-17-14-13(20-15)2-1-12-9-11(5-8-18(12)14)10-3-6-16-7-4-10/h1-9H. The molecule has 0 radical (unpaired) electrons. The van der Waals surface area contributed by atoms with Crippen LogP contribution in [0.2, 0.25) is 0 Å². The van der Waals surface area contributed by atoms with Crippen LogP contribution in [0.1, 0.15) is 0 Å². The van der Waals surface area contributed by atoms with Gasteiger partial charge in [-0.25, -0.2) is 0 Å². The lowest BCUT2D eigenvalue weighted by atomic mass is 10.1. The van der Waals surface area contributed by atoms with Crippen LogP contribution in [0, 0.1) is 0 Å². The Kier molecular flexibility index (Phi) is 2.40. The Morgan fingerprint density at radius 2 is 1.85 bits per heavy atom. The minimum atomic E-state index is -0.154. The number of thiazole rings is 1. The van der Waals surface area contributed by atoms with Gasteiger partial charge in [0.1, 0.15) is 0 Å². The molecule has 0 N–H and O–H groups in total. The molecule has 0 aromatic carbocycles. The van der Waals surface area contributed by atoms with E-state index >= 15 is 0 Å². The lowest BCUT2D eigenvalue weighted by molar-refractivity contribution is 1.10. The van der Waals surface area contributed by atoms with Gasteiger partial charge in [-0.1, -0.05) is 11.3 Å². The number of hydrogen-bond donors (Lipinski definition) is 0. The molecule has 0 fully saturated rings. The lowest BCUT2D eigenvalue weighted by Crippen LogP contribution is -1.98. The predicted octanol–water partition coefficient (Wildman–Crippen LogP) is 2.92. The number of hydrogen-bond acceptors (Lipinski definition) is 4. The van der Waals surface area contributed by atoms with Crippen LogP contribution in [-0.4, -0.2) is 14.4 Å². The van der Waals surface area contributed by atoms with Gasteiger partial charge in [0.05, 0.1) is 4.88 Å². The highest BCUT2D eigenvalue weighted by molar-refractivity contribution is 7.13. The van der Waals surface area contributed by atoms with E-state index in [-0.39, 0.29) is 4.87 Å². The van der Waals surface area contributed by atoms with E-state index in [0.29, 0.717) is 0 Å². The summed E-state index contributed by atoms with van der Waals surface area (Å²) in [5.74, 6) is 0.721. The minimum Gasteiger partial charge on any atom is -0.300 e. The normalized spacial score (nSPS) is 11.2. The summed E-state index contributed by atoms with van der Waals surface area (Å²) in [5, 5.41) is 0. The maximum atomic E-state index is 11.4. The van der Waals surface area contributed by atoms with E-state index in [2.05, 4.69) is 16.0 Å². The average molecular weight is 279 g/mol. The summed E-state index contributed by atoms with van der Waals surface area (Å²) in [6.45, 7) is 0. The molecule has 2 aliphatic rings. The van der Waals surface area contributed by atoms with Crippen molar-refractivity contribution in [1.82, 2.24) is 14.4 Å². The number of fused-ring (bicyclic) bond motifs is 3. The molecule has 0 spiro atoms. The average Bonchev–Trinajstić information content (AvgIpc) is 2.88. The lowest BCUT2D eigenvalue weighted by Gasteiger charge is -2.08. The van der Waals surface area contributed by atoms with Crippen molar-refractivity contribution in [1.29, 1.82) is 0 Å². The minimum absolute atomic E-state index is 0.154. The van der Waals surface area contributed by atoms with Crippen molar-refractivity contribution in [2.75, 3.05) is 0 Å². The first-order chi connectivity index (χ1) is 9.81. The van der Waals surface area contributed by atoms with Gasteiger partial charge in [0.2, 0.25) is 0 Å². The second-order valence-electron chi connectivity index (χ2n) is 4.45. The van der Waals surface area contributed by atoms with Crippen LogP contribution >= 0.6 is 11.3 Å². The van der Waals surface area contributed by atoms with Crippen LogP contribution in [0.25, 0.3) is 27.3 Å². The van der Waals surface area contributed by atoms with Gasteiger partial charge in [0.15, 0.2) is 5.82 Å². The largest absolute Gasteiger partial charge is 0.329 e. The van der Waals surface area contributed by atoms with Gasteiger partial charge in [0, 0.05) is 24.1 Å². The highest BCUT2D eigenvalue weighted by Gasteiger charge is 2.11. The van der Waals surface area contributed by atoms with Crippen molar-refractivity contribution in [3.63, 3.8) is 0 Å². The molecule has 0 bridgehead atoms. The number of pyridine rings is 3. The highest BCUT2D eigenvalue weighted by atomic mass is 32.1. The first-order valence-electron chi connectivity index (χ1n) is 6.14. The highest BCUT2D eigenvalue weighted by Crippen LogP contribution is 2.26. The van der Waals surface area contributed by atoms with E-state index in [1.54, 1.807) is 12.4 Å². The third-order valence-corrected chi connectivity index (χ3v) is 4.05. The molecule has 20 heavy (non-hydrogen) atoms. The first kappa shape index (κ1) is 11.3. The molecule has 2 aromatic heterocycles. The second-order valence-corrected chi connectivity index (χ2v) is 5.44. The van der Waals surface area contributed by atoms with E-state index in [0.717, 1.165) is 27.3 Å². The molecule has 0 unspecified atom stereocenters. The van der Waals surface area contributed by atoms with Gasteiger partial charge < -0.3 is 4.40 Å². The Bertz CT molecular complexity index is 927. The Morgan fingerprint density at radius 1 is 1.00 bits per heavy atom. The molecular formula is C15H9N3OS. The fraction of sp³-hybridized carbons (Fsp3) is 0. The monoisotopic (exact) mass is 279 g/mol. The third-order valence-electron chi connectivity index (χ3n) is 3.25. The van der Waals surface area contributed by atoms with Gasteiger partial charge in [-0.15, -0.1) is 0 Å². The summed E-state index contributed by atoms with van der Waals surface area (Å²) in [7, 11) is 0. The van der Waals surface area contributed by atoms with Crippen LogP contribution in [-0.2, 0) is 0 Å². The molecule has 4 heterocycles. The molecule has 4 rings (SSSR count). The van der Waals surface area contributed by atoms with Crippen LogP contribution < -0.4 is 4.87 Å². The molecule has 0 aliphatic carbocycles. The van der Waals surface area contributed by atoms with Gasteiger partial charge >= 0.3 is 4.87 Å². The fourth-order valence-corrected chi connectivity index (χ4v) is 3.00. The van der Waals surface area contributed by atoms with E-state index < -0.39 is 0 Å². The summed E-state index contributed by atoms with van der Waals surface area (Å²) in [5.41, 5.74) is 3.24. The van der Waals surface area contributed by atoms with Crippen LogP contribution in [0.5, 0.6) is 0 Å². The molecule has 0 saturated heterocycles. The Labute approximate surface area is 118 Å². The maximum Gasteiger partial charge on any atom is 0.329 e. The Hall–Kier alpha value is -2.53. The molecule has 2 aromatic rings. The van der Waals surface area contributed by atoms with Crippen molar-refractivity contribution in [3.8, 4) is 21.8 Å². The van der Waals surface area contributed by atoms with Gasteiger partial charge in [-0.05, 0) is 47.5 Å². The van der Waals surface area contributed by atoms with Crippen LogP contribution in [0.3, 0.4) is 0 Å². The summed E-state index contributed by atoms with van der Waals surface area (Å²) < 4.78 is 1.94. The Morgan fingerprint density at radius 3 is 2.70 bits per heavy atom. The summed E-state index contributed by atoms with van der Waals surface area (Å²) in [6.07, 6.45) is 5.51. The molecule has 0 saturated carbocycles. The van der Waals surface area contributed by atoms with Crippen molar-refractivity contribution in [2.24, 2.45) is 0 Å². The summed E-state index contributed by atoms with van der Waals surface area (Å²) in [6, 6.07) is 12.0. The summed E-state index contributed by atoms with van der Waals surface area (Å²) in [4.78, 5) is 20.2. The van der Waals surface area contributed by atoms with E-state index in [4.69, 9.17) is 0 Å². The number of nitrogens with zero attached hydrogens (tertiary/aromatic N) is 3. The van der Waals surface area contributed by atoms with Crippen molar-refractivity contribution < 1.29 is 0 Å². The Balaban J connectivity index is 1.99. The topological polar surface area (TPSA) is 47.3 Å². The van der Waals surface area contributed by atoms with Crippen LogP contribution in [0.4, 0.5) is 0 Å². The smallest absolute Gasteiger partial charge is 0.300 e. The van der Waals surface area contributed by atoms with E-state index in [1.165, 1.54) is 11.3 Å². The van der Waals surface area contributed by atoms with Gasteiger partial charge in [-0.3, -0.25) is 9.78 Å². The molecule has 5 heteroatoms. The van der Waals surface area contributed by atoms with Crippen molar-refractivity contribution in [2.45, 2.75) is 0 Å². The molecule has 2 aliphatic heterocycles. The fourth-order valence-electron chi connectivity index (χ4n) is 2.31. The van der Waals surface area contributed by atoms with Gasteiger partial charge in [0.25, 0.3) is 0 Å². The summed E-state index contributed by atoms with van der Waals surface area (Å²) >= 11 is 1.17. The van der Waals surface area contributed by atoms with E-state index in [1.807, 2.05) is 40.9 Å². The maximum absolute atomic E-state index is 11.4. The molecule has 0 atom stereocenters. The van der Waals surface area contributed by atoms with Gasteiger partial charge in [-0.2, -0.15) is 4.98 Å². The van der Waals surface area contributed by atoms with Crippen molar-refractivity contribution in [3.05, 3.63) is 64.7 Å². The SMILES string of the molecule is O=c1nc2n3ccc(-c4ccncc4)cc3ccc-2s1. The first-order valence-corrected chi connectivity index (χ1v) is 6.95. The molecule has 0 amide bonds. The predicted molar refractivity (Wildman–Crippen MR) is 79.2 cm³/mol. The number of aromatic nitrogens is 3. The zero-order chi connectivity index (χ0) is 13.5. The zero-order valence-corrected chi connectivity index (χ0v) is 11.2. The molecule has 96 valence electrons. The molecular weight excluding hydrogens is 270 g/mol. The number of rotatable bonds is 1. The molecule has 4 nitrogen and oxygen atoms in total. The third kappa shape index (κ3) is 1.71. The second kappa shape index (κ2) is 4.25.